The lowest BCUT2D eigenvalue weighted by Gasteiger charge is -2.18. The summed E-state index contributed by atoms with van der Waals surface area (Å²) in [6, 6.07) is 13.0. The van der Waals surface area contributed by atoms with Gasteiger partial charge in [-0.2, -0.15) is 0 Å². The van der Waals surface area contributed by atoms with E-state index in [9.17, 15) is 14.0 Å². The molecular formula is C19H19ClFN3O2. The summed E-state index contributed by atoms with van der Waals surface area (Å²) >= 11 is 5.87. The number of hydrogen-bond donors (Lipinski definition) is 1. The summed E-state index contributed by atoms with van der Waals surface area (Å²) in [5, 5.41) is 3.40. The van der Waals surface area contributed by atoms with Gasteiger partial charge in [0.2, 0.25) is 5.91 Å². The quantitative estimate of drug-likeness (QED) is 0.843. The second-order valence-corrected chi connectivity index (χ2v) is 6.50. The van der Waals surface area contributed by atoms with Crippen molar-refractivity contribution in [3.05, 3.63) is 64.9 Å². The van der Waals surface area contributed by atoms with Gasteiger partial charge in [-0.3, -0.25) is 9.69 Å². The van der Waals surface area contributed by atoms with Crippen LogP contribution in [0.3, 0.4) is 0 Å². The largest absolute Gasteiger partial charge is 0.354 e. The summed E-state index contributed by atoms with van der Waals surface area (Å²) in [4.78, 5) is 27.7. The van der Waals surface area contributed by atoms with E-state index in [-0.39, 0.29) is 24.3 Å². The minimum atomic E-state index is -0.282. The zero-order valence-electron chi connectivity index (χ0n) is 14.1. The molecule has 1 fully saturated rings. The van der Waals surface area contributed by atoms with Crippen LogP contribution >= 0.6 is 11.6 Å². The summed E-state index contributed by atoms with van der Waals surface area (Å²) < 4.78 is 12.9. The molecule has 0 aliphatic carbocycles. The molecule has 0 saturated carbocycles. The van der Waals surface area contributed by atoms with Gasteiger partial charge in [0, 0.05) is 30.3 Å². The fourth-order valence-electron chi connectivity index (χ4n) is 2.82. The Morgan fingerprint density at radius 1 is 1.08 bits per heavy atom. The first-order chi connectivity index (χ1) is 12.5. The molecule has 1 aliphatic rings. The highest BCUT2D eigenvalue weighted by molar-refractivity contribution is 6.30. The van der Waals surface area contributed by atoms with Gasteiger partial charge < -0.3 is 10.2 Å². The summed E-state index contributed by atoms with van der Waals surface area (Å²) in [6.07, 6.45) is 0.608. The maximum Gasteiger partial charge on any atom is 0.325 e. The Balaban J connectivity index is 1.46. The van der Waals surface area contributed by atoms with E-state index in [0.29, 0.717) is 31.1 Å². The molecule has 7 heteroatoms. The molecule has 0 atom stereocenters. The van der Waals surface area contributed by atoms with Gasteiger partial charge in [0.25, 0.3) is 0 Å². The van der Waals surface area contributed by atoms with Crippen LogP contribution in [-0.2, 0) is 11.2 Å². The summed E-state index contributed by atoms with van der Waals surface area (Å²) in [5.74, 6) is -0.492. The fourth-order valence-corrected chi connectivity index (χ4v) is 2.94. The highest BCUT2D eigenvalue weighted by Gasteiger charge is 2.30. The number of rotatable bonds is 6. The molecule has 3 rings (SSSR count). The van der Waals surface area contributed by atoms with Gasteiger partial charge in [-0.1, -0.05) is 23.7 Å². The van der Waals surface area contributed by atoms with Gasteiger partial charge in [0.15, 0.2) is 0 Å². The van der Waals surface area contributed by atoms with Gasteiger partial charge in [-0.15, -0.1) is 0 Å². The van der Waals surface area contributed by atoms with Gasteiger partial charge in [-0.25, -0.2) is 9.18 Å². The molecule has 136 valence electrons. The van der Waals surface area contributed by atoms with E-state index in [4.69, 9.17) is 11.6 Å². The van der Waals surface area contributed by atoms with Crippen molar-refractivity contribution >= 4 is 29.2 Å². The van der Waals surface area contributed by atoms with Crippen LogP contribution < -0.4 is 10.2 Å². The maximum absolute atomic E-state index is 12.9. The number of hydrogen-bond acceptors (Lipinski definition) is 2. The molecule has 2 aromatic rings. The second kappa shape index (κ2) is 8.19. The van der Waals surface area contributed by atoms with Crippen LogP contribution in [0.4, 0.5) is 14.9 Å². The highest BCUT2D eigenvalue weighted by atomic mass is 35.5. The molecule has 2 aromatic carbocycles. The summed E-state index contributed by atoms with van der Waals surface area (Å²) in [5.41, 5.74) is 1.71. The fraction of sp³-hybridized carbons (Fsp3) is 0.263. The number of anilines is 1. The number of nitrogens with zero attached hydrogens (tertiary/aromatic N) is 2. The van der Waals surface area contributed by atoms with E-state index in [1.54, 1.807) is 41.3 Å². The lowest BCUT2D eigenvalue weighted by atomic mass is 10.1. The molecule has 0 unspecified atom stereocenters. The van der Waals surface area contributed by atoms with Crippen molar-refractivity contribution in [2.24, 2.45) is 0 Å². The molecular weight excluding hydrogens is 357 g/mol. The first-order valence-electron chi connectivity index (χ1n) is 8.36. The van der Waals surface area contributed by atoms with Crippen molar-refractivity contribution in [3.8, 4) is 0 Å². The van der Waals surface area contributed by atoms with Gasteiger partial charge in [0.1, 0.15) is 12.4 Å². The number of nitrogens with one attached hydrogen (secondary N) is 1. The SMILES string of the molecule is O=C(CN1CCN(c2ccc(Cl)cc2)C1=O)NCCc1ccc(F)cc1. The van der Waals surface area contributed by atoms with E-state index in [1.165, 1.54) is 17.0 Å². The minimum absolute atomic E-state index is 0.0202. The molecule has 5 nitrogen and oxygen atoms in total. The predicted molar refractivity (Wildman–Crippen MR) is 98.9 cm³/mol. The number of urea groups is 1. The van der Waals surface area contributed by atoms with E-state index in [1.807, 2.05) is 0 Å². The number of benzene rings is 2. The van der Waals surface area contributed by atoms with Crippen LogP contribution in [-0.4, -0.2) is 43.0 Å². The Labute approximate surface area is 156 Å². The van der Waals surface area contributed by atoms with Gasteiger partial charge in [-0.05, 0) is 48.4 Å². The van der Waals surface area contributed by atoms with Crippen molar-refractivity contribution in [2.45, 2.75) is 6.42 Å². The Morgan fingerprint density at radius 2 is 1.77 bits per heavy atom. The number of carbonyl (C=O) groups is 2. The molecule has 3 amide bonds. The summed E-state index contributed by atoms with van der Waals surface area (Å²) in [6.45, 7) is 1.48. The third-order valence-electron chi connectivity index (χ3n) is 4.22. The molecule has 26 heavy (non-hydrogen) atoms. The van der Waals surface area contributed by atoms with Crippen molar-refractivity contribution < 1.29 is 14.0 Å². The Kier molecular flexibility index (Phi) is 5.73. The first kappa shape index (κ1) is 18.2. The Bertz CT molecular complexity index is 780. The van der Waals surface area contributed by atoms with Crippen LogP contribution in [0.25, 0.3) is 0 Å². The molecule has 0 bridgehead atoms. The number of amides is 3. The molecule has 1 aliphatic heterocycles. The van der Waals surface area contributed by atoms with Crippen LogP contribution in [0, 0.1) is 5.82 Å². The average Bonchev–Trinajstić information content (AvgIpc) is 2.98. The number of carbonyl (C=O) groups excluding carboxylic acids is 2. The smallest absolute Gasteiger partial charge is 0.325 e. The standard InChI is InChI=1S/C19H19ClFN3O2/c20-15-3-7-17(8-4-15)24-12-11-23(19(24)26)13-18(25)22-10-9-14-1-5-16(21)6-2-14/h1-8H,9-13H2,(H,22,25). The van der Waals surface area contributed by atoms with Crippen LogP contribution in [0.2, 0.25) is 5.02 Å². The Hall–Kier alpha value is -2.60. The third kappa shape index (κ3) is 4.52. The van der Waals surface area contributed by atoms with Crippen molar-refractivity contribution in [3.63, 3.8) is 0 Å². The average molecular weight is 376 g/mol. The van der Waals surface area contributed by atoms with E-state index >= 15 is 0 Å². The monoisotopic (exact) mass is 375 g/mol. The van der Waals surface area contributed by atoms with Crippen LogP contribution in [0.5, 0.6) is 0 Å². The van der Waals surface area contributed by atoms with Crippen molar-refractivity contribution in [1.82, 2.24) is 10.2 Å². The minimum Gasteiger partial charge on any atom is -0.354 e. The first-order valence-corrected chi connectivity index (χ1v) is 8.74. The third-order valence-corrected chi connectivity index (χ3v) is 4.47. The predicted octanol–water partition coefficient (Wildman–Crippen LogP) is 3.08. The molecule has 0 aromatic heterocycles. The van der Waals surface area contributed by atoms with Crippen LogP contribution in [0.15, 0.2) is 48.5 Å². The van der Waals surface area contributed by atoms with Crippen molar-refractivity contribution in [1.29, 1.82) is 0 Å². The Morgan fingerprint density at radius 3 is 2.46 bits per heavy atom. The van der Waals surface area contributed by atoms with Crippen LogP contribution in [0.1, 0.15) is 5.56 Å². The summed E-state index contributed by atoms with van der Waals surface area (Å²) in [7, 11) is 0. The molecule has 0 spiro atoms. The van der Waals surface area contributed by atoms with Crippen molar-refractivity contribution in [2.75, 3.05) is 31.1 Å². The normalized spacial score (nSPS) is 14.0. The number of halogens is 2. The zero-order valence-corrected chi connectivity index (χ0v) is 14.9. The van der Waals surface area contributed by atoms with E-state index in [2.05, 4.69) is 5.32 Å². The molecule has 1 saturated heterocycles. The zero-order chi connectivity index (χ0) is 18.5. The van der Waals surface area contributed by atoms with Gasteiger partial charge >= 0.3 is 6.03 Å². The lowest BCUT2D eigenvalue weighted by Crippen LogP contribution is -2.40. The maximum atomic E-state index is 12.9. The lowest BCUT2D eigenvalue weighted by molar-refractivity contribution is -0.121. The highest BCUT2D eigenvalue weighted by Crippen LogP contribution is 2.22. The molecule has 1 N–H and O–H groups in total. The van der Waals surface area contributed by atoms with E-state index < -0.39 is 0 Å². The van der Waals surface area contributed by atoms with Gasteiger partial charge in [0.05, 0.1) is 0 Å². The second-order valence-electron chi connectivity index (χ2n) is 6.06. The molecule has 1 heterocycles. The molecule has 0 radical (unpaired) electrons. The van der Waals surface area contributed by atoms with E-state index in [0.717, 1.165) is 11.3 Å². The topological polar surface area (TPSA) is 52.7 Å².